The third-order valence-corrected chi connectivity index (χ3v) is 3.72. The largest absolute Gasteiger partial charge is 0.378 e. The van der Waals surface area contributed by atoms with E-state index < -0.39 is 16.9 Å². The molecule has 1 saturated heterocycles. The fourth-order valence-electron chi connectivity index (χ4n) is 2.44. The van der Waals surface area contributed by atoms with Crippen molar-refractivity contribution in [3.8, 4) is 0 Å². The molecule has 1 aromatic rings. The molecule has 112 valence electrons. The number of hydrogen-bond donors (Lipinski definition) is 1. The summed E-state index contributed by atoms with van der Waals surface area (Å²) < 4.78 is 5.30. The van der Waals surface area contributed by atoms with E-state index in [0.717, 1.165) is 0 Å². The lowest BCUT2D eigenvalue weighted by molar-refractivity contribution is -0.497. The highest BCUT2D eigenvalue weighted by molar-refractivity contribution is 5.97. The third-order valence-electron chi connectivity index (χ3n) is 3.72. The molecule has 1 aromatic heterocycles. The fraction of sp³-hybridized carbons (Fsp3) is 0.538. The van der Waals surface area contributed by atoms with Crippen molar-refractivity contribution in [2.75, 3.05) is 36.5 Å². The summed E-state index contributed by atoms with van der Waals surface area (Å²) in [7, 11) is 0. The van der Waals surface area contributed by atoms with Crippen LogP contribution >= 0.6 is 0 Å². The fourth-order valence-corrected chi connectivity index (χ4v) is 2.44. The Morgan fingerprint density at radius 3 is 2.90 bits per heavy atom. The van der Waals surface area contributed by atoms with Gasteiger partial charge in [-0.15, -0.1) is 0 Å². The van der Waals surface area contributed by atoms with E-state index in [2.05, 4.69) is 10.3 Å². The molecule has 0 spiro atoms. The zero-order chi connectivity index (χ0) is 14.8. The predicted molar refractivity (Wildman–Crippen MR) is 74.8 cm³/mol. The molecule has 2 fully saturated rings. The van der Waals surface area contributed by atoms with Crippen molar-refractivity contribution in [2.45, 2.75) is 12.5 Å². The quantitative estimate of drug-likeness (QED) is 0.642. The zero-order valence-corrected chi connectivity index (χ0v) is 11.4. The van der Waals surface area contributed by atoms with Crippen LogP contribution in [0.3, 0.4) is 0 Å². The van der Waals surface area contributed by atoms with Crippen LogP contribution in [0.1, 0.15) is 6.42 Å². The Balaban J connectivity index is 1.70. The number of anilines is 2. The monoisotopic (exact) mass is 292 g/mol. The SMILES string of the molecule is O=C(Nc1cccnc1N1CCOCC1)[C@@H]1C[C@H]1[N+](=O)[O-]. The van der Waals surface area contributed by atoms with Crippen molar-refractivity contribution in [2.24, 2.45) is 5.92 Å². The molecule has 1 aliphatic heterocycles. The molecule has 0 bridgehead atoms. The van der Waals surface area contributed by atoms with Crippen LogP contribution in [0.5, 0.6) is 0 Å². The number of aromatic nitrogens is 1. The Labute approximate surface area is 121 Å². The van der Waals surface area contributed by atoms with Crippen LogP contribution in [-0.2, 0) is 9.53 Å². The third kappa shape index (κ3) is 2.94. The number of rotatable bonds is 4. The average molecular weight is 292 g/mol. The van der Waals surface area contributed by atoms with Gasteiger partial charge in [0.1, 0.15) is 5.92 Å². The van der Waals surface area contributed by atoms with Gasteiger partial charge in [-0.3, -0.25) is 14.9 Å². The zero-order valence-electron chi connectivity index (χ0n) is 11.4. The molecule has 8 heteroatoms. The highest BCUT2D eigenvalue weighted by atomic mass is 16.6. The van der Waals surface area contributed by atoms with E-state index >= 15 is 0 Å². The van der Waals surface area contributed by atoms with E-state index in [1.165, 1.54) is 0 Å². The van der Waals surface area contributed by atoms with E-state index in [1.807, 2.05) is 4.90 Å². The van der Waals surface area contributed by atoms with Gasteiger partial charge in [0.2, 0.25) is 11.9 Å². The maximum atomic E-state index is 12.0. The van der Waals surface area contributed by atoms with Crippen molar-refractivity contribution >= 4 is 17.4 Å². The first-order valence-corrected chi connectivity index (χ1v) is 6.89. The highest BCUT2D eigenvalue weighted by Gasteiger charge is 2.53. The number of carbonyl (C=O) groups is 1. The number of pyridine rings is 1. The maximum absolute atomic E-state index is 12.0. The van der Waals surface area contributed by atoms with Crippen molar-refractivity contribution in [1.82, 2.24) is 4.98 Å². The van der Waals surface area contributed by atoms with Gasteiger partial charge >= 0.3 is 0 Å². The van der Waals surface area contributed by atoms with Crippen molar-refractivity contribution in [3.05, 3.63) is 28.4 Å². The van der Waals surface area contributed by atoms with Crippen LogP contribution < -0.4 is 10.2 Å². The van der Waals surface area contributed by atoms with E-state index in [9.17, 15) is 14.9 Å². The Morgan fingerprint density at radius 1 is 1.48 bits per heavy atom. The van der Waals surface area contributed by atoms with Crippen LogP contribution in [0, 0.1) is 16.0 Å². The van der Waals surface area contributed by atoms with Crippen LogP contribution in [0.15, 0.2) is 18.3 Å². The average Bonchev–Trinajstić information content (AvgIpc) is 3.29. The van der Waals surface area contributed by atoms with Gasteiger partial charge in [0.05, 0.1) is 18.9 Å². The van der Waals surface area contributed by atoms with Gasteiger partial charge in [-0.25, -0.2) is 4.98 Å². The smallest absolute Gasteiger partial charge is 0.234 e. The first-order valence-electron chi connectivity index (χ1n) is 6.89. The minimum absolute atomic E-state index is 0.306. The summed E-state index contributed by atoms with van der Waals surface area (Å²) >= 11 is 0. The van der Waals surface area contributed by atoms with E-state index in [1.54, 1.807) is 18.3 Å². The molecule has 2 atom stereocenters. The first kappa shape index (κ1) is 13.7. The maximum Gasteiger partial charge on any atom is 0.234 e. The molecule has 2 heterocycles. The van der Waals surface area contributed by atoms with Gasteiger partial charge in [-0.05, 0) is 12.1 Å². The molecular formula is C13H16N4O4. The number of nitrogens with zero attached hydrogens (tertiary/aromatic N) is 3. The van der Waals surface area contributed by atoms with Gasteiger partial charge in [0, 0.05) is 30.6 Å². The predicted octanol–water partition coefficient (Wildman–Crippen LogP) is 0.522. The van der Waals surface area contributed by atoms with E-state index in [4.69, 9.17) is 4.74 Å². The lowest BCUT2D eigenvalue weighted by atomic mass is 10.3. The van der Waals surface area contributed by atoms with Gasteiger partial charge < -0.3 is 15.0 Å². The van der Waals surface area contributed by atoms with Crippen molar-refractivity contribution in [1.29, 1.82) is 0 Å². The summed E-state index contributed by atoms with van der Waals surface area (Å²) in [5.41, 5.74) is 0.596. The molecule has 1 amide bonds. The topological polar surface area (TPSA) is 97.6 Å². The number of hydrogen-bond acceptors (Lipinski definition) is 6. The van der Waals surface area contributed by atoms with E-state index in [0.29, 0.717) is 44.2 Å². The minimum Gasteiger partial charge on any atom is -0.378 e. The Hall–Kier alpha value is -2.22. The molecule has 1 saturated carbocycles. The molecule has 0 radical (unpaired) electrons. The number of carbonyl (C=O) groups excluding carboxylic acids is 1. The van der Waals surface area contributed by atoms with Gasteiger partial charge in [-0.2, -0.15) is 0 Å². The first-order chi connectivity index (χ1) is 10.2. The number of ether oxygens (including phenoxy) is 1. The van der Waals surface area contributed by atoms with Gasteiger partial charge in [0.25, 0.3) is 0 Å². The summed E-state index contributed by atoms with van der Waals surface area (Å²) in [6.07, 6.45) is 1.98. The minimum atomic E-state index is -0.742. The van der Waals surface area contributed by atoms with Gasteiger partial charge in [-0.1, -0.05) is 0 Å². The number of nitro groups is 1. The molecule has 21 heavy (non-hydrogen) atoms. The Kier molecular flexibility index (Phi) is 3.70. The van der Waals surface area contributed by atoms with Crippen LogP contribution in [0.4, 0.5) is 11.5 Å². The summed E-state index contributed by atoms with van der Waals surface area (Å²) in [6.45, 7) is 2.66. The van der Waals surface area contributed by atoms with Crippen LogP contribution in [0.25, 0.3) is 0 Å². The standard InChI is InChI=1S/C13H16N4O4/c18-13(9-8-11(9)17(19)20)15-10-2-1-3-14-12(10)16-4-6-21-7-5-16/h1-3,9,11H,4-8H2,(H,15,18)/t9-,11-/m1/s1. The molecular weight excluding hydrogens is 276 g/mol. The summed E-state index contributed by atoms with van der Waals surface area (Å²) in [5, 5.41) is 13.4. The lowest BCUT2D eigenvalue weighted by Gasteiger charge is -2.29. The molecule has 8 nitrogen and oxygen atoms in total. The summed E-state index contributed by atoms with van der Waals surface area (Å²) in [5.74, 6) is -0.149. The molecule has 0 aromatic carbocycles. The summed E-state index contributed by atoms with van der Waals surface area (Å²) in [6, 6.07) is 2.75. The molecule has 1 aliphatic carbocycles. The highest BCUT2D eigenvalue weighted by Crippen LogP contribution is 2.35. The van der Waals surface area contributed by atoms with Crippen LogP contribution in [0.2, 0.25) is 0 Å². The Morgan fingerprint density at radius 2 is 2.24 bits per heavy atom. The second-order valence-corrected chi connectivity index (χ2v) is 5.16. The Bertz CT molecular complexity index is 559. The second kappa shape index (κ2) is 5.65. The molecule has 3 rings (SSSR count). The molecule has 1 N–H and O–H groups in total. The number of amides is 1. The van der Waals surface area contributed by atoms with E-state index in [-0.39, 0.29) is 5.91 Å². The molecule has 2 aliphatic rings. The second-order valence-electron chi connectivity index (χ2n) is 5.16. The van der Waals surface area contributed by atoms with Gasteiger partial charge in [0.15, 0.2) is 5.82 Å². The van der Waals surface area contributed by atoms with Crippen LogP contribution in [-0.4, -0.2) is 48.2 Å². The van der Waals surface area contributed by atoms with Crippen molar-refractivity contribution in [3.63, 3.8) is 0 Å². The summed E-state index contributed by atoms with van der Waals surface area (Å²) in [4.78, 5) is 28.6. The lowest BCUT2D eigenvalue weighted by Crippen LogP contribution is -2.37. The normalized spacial score (nSPS) is 24.5. The molecule has 0 unspecified atom stereocenters. The van der Waals surface area contributed by atoms with Crippen molar-refractivity contribution < 1.29 is 14.5 Å². The number of morpholine rings is 1. The number of nitrogens with one attached hydrogen (secondary N) is 1.